The molecule has 0 saturated carbocycles. The maximum atomic E-state index is 4.60. The van der Waals surface area contributed by atoms with Crippen molar-refractivity contribution in [3.05, 3.63) is 18.1 Å². The van der Waals surface area contributed by atoms with Crippen LogP contribution in [0.3, 0.4) is 0 Å². The summed E-state index contributed by atoms with van der Waals surface area (Å²) in [6, 6.07) is 0. The first-order valence-corrected chi connectivity index (χ1v) is 7.80. The van der Waals surface area contributed by atoms with E-state index in [-0.39, 0.29) is 0 Å². The standard InChI is InChI=1S/C16H30N4/c1-6-7-17-8-14-9-18-11-16(20-14)19-10-15(12(2)3)13(4)5/h9,11-13,15,17H,6-8,10H2,1-5H3,(H,19,20). The molecule has 0 aliphatic carbocycles. The lowest BCUT2D eigenvalue weighted by molar-refractivity contribution is 0.304. The molecule has 20 heavy (non-hydrogen) atoms. The van der Waals surface area contributed by atoms with Crippen molar-refractivity contribution >= 4 is 5.82 Å². The molecule has 1 aromatic heterocycles. The number of hydrogen-bond acceptors (Lipinski definition) is 4. The lowest BCUT2D eigenvalue weighted by Crippen LogP contribution is -2.25. The zero-order valence-corrected chi connectivity index (χ0v) is 13.6. The van der Waals surface area contributed by atoms with Crippen molar-refractivity contribution in [1.29, 1.82) is 0 Å². The van der Waals surface area contributed by atoms with Gasteiger partial charge in [0.1, 0.15) is 5.82 Å². The highest BCUT2D eigenvalue weighted by atomic mass is 15.0. The molecule has 2 N–H and O–H groups in total. The molecule has 0 atom stereocenters. The number of nitrogens with zero attached hydrogens (tertiary/aromatic N) is 2. The minimum Gasteiger partial charge on any atom is -0.368 e. The minimum atomic E-state index is 0.652. The zero-order valence-electron chi connectivity index (χ0n) is 13.6. The average molecular weight is 278 g/mol. The molecule has 0 aliphatic heterocycles. The Kier molecular flexibility index (Phi) is 7.52. The second-order valence-corrected chi connectivity index (χ2v) is 6.11. The molecule has 0 amide bonds. The molecule has 114 valence electrons. The molecule has 0 aromatic carbocycles. The van der Waals surface area contributed by atoms with Gasteiger partial charge in [0.2, 0.25) is 0 Å². The molecular formula is C16H30N4. The molecule has 1 heterocycles. The molecule has 4 nitrogen and oxygen atoms in total. The molecule has 0 aliphatic rings. The predicted octanol–water partition coefficient (Wildman–Crippen LogP) is 3.32. The first-order valence-electron chi connectivity index (χ1n) is 7.80. The van der Waals surface area contributed by atoms with Gasteiger partial charge in [-0.3, -0.25) is 4.98 Å². The van der Waals surface area contributed by atoms with Crippen molar-refractivity contribution in [3.63, 3.8) is 0 Å². The van der Waals surface area contributed by atoms with Crippen LogP contribution >= 0.6 is 0 Å². The number of hydrogen-bond donors (Lipinski definition) is 2. The van der Waals surface area contributed by atoms with E-state index in [1.54, 1.807) is 6.20 Å². The van der Waals surface area contributed by atoms with Gasteiger partial charge in [0.05, 0.1) is 11.9 Å². The fourth-order valence-electron chi connectivity index (χ4n) is 2.43. The first-order chi connectivity index (χ1) is 9.54. The van der Waals surface area contributed by atoms with Crippen molar-refractivity contribution in [2.45, 2.75) is 47.6 Å². The third kappa shape index (κ3) is 5.87. The highest BCUT2D eigenvalue weighted by Crippen LogP contribution is 2.20. The van der Waals surface area contributed by atoms with Crippen molar-refractivity contribution in [3.8, 4) is 0 Å². The van der Waals surface area contributed by atoms with E-state index in [1.165, 1.54) is 0 Å². The second-order valence-electron chi connectivity index (χ2n) is 6.11. The zero-order chi connectivity index (χ0) is 15.0. The third-order valence-electron chi connectivity index (χ3n) is 3.65. The number of anilines is 1. The van der Waals surface area contributed by atoms with Crippen LogP contribution in [0.5, 0.6) is 0 Å². The van der Waals surface area contributed by atoms with Crippen LogP contribution in [0.1, 0.15) is 46.7 Å². The summed E-state index contributed by atoms with van der Waals surface area (Å²) in [7, 11) is 0. The molecule has 0 radical (unpaired) electrons. The normalized spacial score (nSPS) is 11.6. The summed E-state index contributed by atoms with van der Waals surface area (Å²) in [5.74, 6) is 2.88. The average Bonchev–Trinajstić information content (AvgIpc) is 2.39. The van der Waals surface area contributed by atoms with Crippen molar-refractivity contribution in [2.75, 3.05) is 18.4 Å². The van der Waals surface area contributed by atoms with E-state index in [4.69, 9.17) is 0 Å². The Balaban J connectivity index is 2.52. The van der Waals surface area contributed by atoms with Gasteiger partial charge in [-0.05, 0) is 30.7 Å². The van der Waals surface area contributed by atoms with Crippen LogP contribution in [0.25, 0.3) is 0 Å². The Hall–Kier alpha value is -1.16. The fourth-order valence-corrected chi connectivity index (χ4v) is 2.43. The van der Waals surface area contributed by atoms with Crippen LogP contribution in [-0.4, -0.2) is 23.1 Å². The van der Waals surface area contributed by atoms with Crippen LogP contribution in [0, 0.1) is 17.8 Å². The number of aromatic nitrogens is 2. The molecule has 1 aromatic rings. The largest absolute Gasteiger partial charge is 0.368 e. The Morgan fingerprint density at radius 3 is 2.40 bits per heavy atom. The summed E-state index contributed by atoms with van der Waals surface area (Å²) in [4.78, 5) is 8.87. The van der Waals surface area contributed by atoms with Gasteiger partial charge in [0.25, 0.3) is 0 Å². The summed E-state index contributed by atoms with van der Waals surface area (Å²) in [6.45, 7) is 14.0. The molecule has 0 bridgehead atoms. The summed E-state index contributed by atoms with van der Waals surface area (Å²) >= 11 is 0. The van der Waals surface area contributed by atoms with Crippen LogP contribution < -0.4 is 10.6 Å². The van der Waals surface area contributed by atoms with Crippen molar-refractivity contribution < 1.29 is 0 Å². The van der Waals surface area contributed by atoms with Crippen LogP contribution in [0.2, 0.25) is 0 Å². The lowest BCUT2D eigenvalue weighted by Gasteiger charge is -2.25. The highest BCUT2D eigenvalue weighted by Gasteiger charge is 2.17. The van der Waals surface area contributed by atoms with Gasteiger partial charge in [-0.15, -0.1) is 0 Å². The van der Waals surface area contributed by atoms with Crippen LogP contribution in [-0.2, 0) is 6.54 Å². The lowest BCUT2D eigenvalue weighted by atomic mass is 9.85. The smallest absolute Gasteiger partial charge is 0.144 e. The molecule has 0 spiro atoms. The second kappa shape index (κ2) is 8.90. The minimum absolute atomic E-state index is 0.652. The molecule has 4 heteroatoms. The Morgan fingerprint density at radius 1 is 1.10 bits per heavy atom. The summed E-state index contributed by atoms with van der Waals surface area (Å²) in [6.07, 6.45) is 4.77. The van der Waals surface area contributed by atoms with Gasteiger partial charge in [-0.2, -0.15) is 0 Å². The van der Waals surface area contributed by atoms with Crippen LogP contribution in [0.15, 0.2) is 12.4 Å². The topological polar surface area (TPSA) is 49.8 Å². The fraction of sp³-hybridized carbons (Fsp3) is 0.750. The molecule has 1 rings (SSSR count). The number of nitrogens with one attached hydrogen (secondary N) is 2. The molecule has 0 unspecified atom stereocenters. The van der Waals surface area contributed by atoms with Gasteiger partial charge in [-0.1, -0.05) is 34.6 Å². The highest BCUT2D eigenvalue weighted by molar-refractivity contribution is 5.31. The summed E-state index contributed by atoms with van der Waals surface area (Å²) < 4.78 is 0. The van der Waals surface area contributed by atoms with E-state index in [0.29, 0.717) is 17.8 Å². The van der Waals surface area contributed by atoms with Crippen molar-refractivity contribution in [1.82, 2.24) is 15.3 Å². The Bertz CT molecular complexity index is 368. The Morgan fingerprint density at radius 2 is 1.80 bits per heavy atom. The summed E-state index contributed by atoms with van der Waals surface area (Å²) in [5, 5.41) is 6.79. The van der Waals surface area contributed by atoms with Gasteiger partial charge < -0.3 is 10.6 Å². The molecule has 0 fully saturated rings. The maximum Gasteiger partial charge on any atom is 0.144 e. The van der Waals surface area contributed by atoms with Crippen molar-refractivity contribution in [2.24, 2.45) is 17.8 Å². The van der Waals surface area contributed by atoms with Gasteiger partial charge in [-0.25, -0.2) is 4.98 Å². The van der Waals surface area contributed by atoms with E-state index in [2.05, 4.69) is 55.2 Å². The van der Waals surface area contributed by atoms with E-state index in [9.17, 15) is 0 Å². The van der Waals surface area contributed by atoms with Gasteiger partial charge in [0.15, 0.2) is 0 Å². The SMILES string of the molecule is CCCNCc1cncc(NCC(C(C)C)C(C)C)n1. The maximum absolute atomic E-state index is 4.60. The van der Waals surface area contributed by atoms with E-state index in [0.717, 1.165) is 37.6 Å². The molecular weight excluding hydrogens is 248 g/mol. The van der Waals surface area contributed by atoms with E-state index >= 15 is 0 Å². The predicted molar refractivity (Wildman–Crippen MR) is 85.7 cm³/mol. The van der Waals surface area contributed by atoms with Crippen LogP contribution in [0.4, 0.5) is 5.82 Å². The quantitative estimate of drug-likeness (QED) is 0.680. The first kappa shape index (κ1) is 16.9. The third-order valence-corrected chi connectivity index (χ3v) is 3.65. The van der Waals surface area contributed by atoms with E-state index < -0.39 is 0 Å². The monoisotopic (exact) mass is 278 g/mol. The van der Waals surface area contributed by atoms with Gasteiger partial charge >= 0.3 is 0 Å². The summed E-state index contributed by atoms with van der Waals surface area (Å²) in [5.41, 5.74) is 0.995. The van der Waals surface area contributed by atoms with E-state index in [1.807, 2.05) is 6.20 Å². The van der Waals surface area contributed by atoms with Gasteiger partial charge in [0, 0.05) is 19.3 Å². The Labute approximate surface area is 123 Å². The molecule has 0 saturated heterocycles. The number of rotatable bonds is 9.